The highest BCUT2D eigenvalue weighted by molar-refractivity contribution is 7.89. The van der Waals surface area contributed by atoms with Gasteiger partial charge >= 0.3 is 6.18 Å². The van der Waals surface area contributed by atoms with E-state index in [-0.39, 0.29) is 17.0 Å². The third-order valence-electron chi connectivity index (χ3n) is 2.59. The molecule has 1 aromatic carbocycles. The molecule has 0 aliphatic rings. The molecule has 0 spiro atoms. The lowest BCUT2D eigenvalue weighted by Crippen LogP contribution is -2.12. The molecule has 108 valence electrons. The Hall–Kier alpha value is -1.87. The van der Waals surface area contributed by atoms with Crippen LogP contribution in [0, 0.1) is 0 Å². The summed E-state index contributed by atoms with van der Waals surface area (Å²) in [6, 6.07) is 5.01. The van der Waals surface area contributed by atoms with Crippen LogP contribution in [0.1, 0.15) is 11.1 Å². The number of hydrogen-bond donors (Lipinski definition) is 1. The molecule has 0 radical (unpaired) electrons. The lowest BCUT2D eigenvalue weighted by molar-refractivity contribution is -0.138. The van der Waals surface area contributed by atoms with Gasteiger partial charge in [0.15, 0.2) is 0 Å². The van der Waals surface area contributed by atoms with E-state index in [4.69, 9.17) is 5.14 Å². The van der Waals surface area contributed by atoms with Gasteiger partial charge in [0.25, 0.3) is 0 Å². The summed E-state index contributed by atoms with van der Waals surface area (Å²) in [4.78, 5) is -0.248. The first-order chi connectivity index (χ1) is 9.18. The second kappa shape index (κ2) is 4.91. The molecule has 0 saturated heterocycles. The highest BCUT2D eigenvalue weighted by Crippen LogP contribution is 2.32. The van der Waals surface area contributed by atoms with Crippen LogP contribution in [0.15, 0.2) is 41.6 Å². The average molecular weight is 305 g/mol. The minimum absolute atomic E-state index is 0.0101. The maximum absolute atomic E-state index is 12.8. The zero-order valence-corrected chi connectivity index (χ0v) is 10.8. The summed E-state index contributed by atoms with van der Waals surface area (Å²) in [5.41, 5.74) is -0.795. The molecule has 0 amide bonds. The Morgan fingerprint density at radius 1 is 1.25 bits per heavy atom. The molecule has 0 fully saturated rings. The molecular weight excluding hydrogens is 295 g/mol. The van der Waals surface area contributed by atoms with Crippen molar-refractivity contribution < 1.29 is 21.6 Å². The Morgan fingerprint density at radius 3 is 2.45 bits per heavy atom. The number of nitrogens with zero attached hydrogens (tertiary/aromatic N) is 2. The lowest BCUT2D eigenvalue weighted by atomic mass is 10.1. The van der Waals surface area contributed by atoms with E-state index in [1.165, 1.54) is 18.2 Å². The molecule has 0 unspecified atom stereocenters. The van der Waals surface area contributed by atoms with Crippen LogP contribution in [0.5, 0.6) is 0 Å². The van der Waals surface area contributed by atoms with Crippen molar-refractivity contribution in [3.05, 3.63) is 47.8 Å². The standard InChI is InChI=1S/C11H10F3N3O2S/c12-11(13,14)10-4-2-1-3-8(10)6-17-7-9(5-16-17)20(15,18)19/h1-5,7H,6H2,(H2,15,18,19). The van der Waals surface area contributed by atoms with Gasteiger partial charge in [0, 0.05) is 6.20 Å². The summed E-state index contributed by atoms with van der Waals surface area (Å²) in [5, 5.41) is 8.59. The number of primary sulfonamides is 1. The largest absolute Gasteiger partial charge is 0.416 e. The van der Waals surface area contributed by atoms with E-state index in [0.717, 1.165) is 23.1 Å². The number of hydrogen-bond acceptors (Lipinski definition) is 3. The molecular formula is C11H10F3N3O2S. The topological polar surface area (TPSA) is 78.0 Å². The van der Waals surface area contributed by atoms with E-state index in [1.54, 1.807) is 0 Å². The molecule has 1 aromatic heterocycles. The van der Waals surface area contributed by atoms with E-state index in [9.17, 15) is 21.6 Å². The summed E-state index contributed by atoms with van der Waals surface area (Å²) >= 11 is 0. The monoisotopic (exact) mass is 305 g/mol. The van der Waals surface area contributed by atoms with Crippen molar-refractivity contribution in [1.82, 2.24) is 9.78 Å². The Bertz CT molecular complexity index is 723. The molecule has 5 nitrogen and oxygen atoms in total. The number of aromatic nitrogens is 2. The van der Waals surface area contributed by atoms with E-state index in [2.05, 4.69) is 5.10 Å². The molecule has 20 heavy (non-hydrogen) atoms. The van der Waals surface area contributed by atoms with Crippen LogP contribution in [-0.4, -0.2) is 18.2 Å². The fraction of sp³-hybridized carbons (Fsp3) is 0.182. The van der Waals surface area contributed by atoms with Gasteiger partial charge in [-0.25, -0.2) is 13.6 Å². The minimum atomic E-state index is -4.48. The maximum atomic E-state index is 12.8. The predicted octanol–water partition coefficient (Wildman–Crippen LogP) is 1.60. The van der Waals surface area contributed by atoms with Crippen molar-refractivity contribution in [2.45, 2.75) is 17.6 Å². The highest BCUT2D eigenvalue weighted by atomic mass is 32.2. The molecule has 0 saturated carbocycles. The van der Waals surface area contributed by atoms with Crippen LogP contribution in [-0.2, 0) is 22.7 Å². The molecule has 2 aromatic rings. The van der Waals surface area contributed by atoms with E-state index in [1.807, 2.05) is 0 Å². The third kappa shape index (κ3) is 3.17. The molecule has 2 N–H and O–H groups in total. The van der Waals surface area contributed by atoms with Crippen LogP contribution in [0.3, 0.4) is 0 Å². The Kier molecular flexibility index (Phi) is 3.57. The first-order valence-electron chi connectivity index (χ1n) is 5.38. The molecule has 0 aliphatic carbocycles. The first-order valence-corrected chi connectivity index (χ1v) is 6.93. The normalized spacial score (nSPS) is 12.6. The maximum Gasteiger partial charge on any atom is 0.416 e. The zero-order valence-electron chi connectivity index (χ0n) is 10.0. The van der Waals surface area contributed by atoms with Crippen LogP contribution >= 0.6 is 0 Å². The van der Waals surface area contributed by atoms with Crippen LogP contribution in [0.25, 0.3) is 0 Å². The smallest absolute Gasteiger partial charge is 0.267 e. The van der Waals surface area contributed by atoms with Gasteiger partial charge in [-0.3, -0.25) is 4.68 Å². The van der Waals surface area contributed by atoms with Gasteiger partial charge in [-0.15, -0.1) is 0 Å². The average Bonchev–Trinajstić information content (AvgIpc) is 2.76. The van der Waals surface area contributed by atoms with Crippen molar-refractivity contribution >= 4 is 10.0 Å². The van der Waals surface area contributed by atoms with Gasteiger partial charge in [0.2, 0.25) is 10.0 Å². The summed E-state index contributed by atoms with van der Waals surface area (Å²) in [5.74, 6) is 0. The van der Waals surface area contributed by atoms with Gasteiger partial charge in [0.1, 0.15) is 4.90 Å². The van der Waals surface area contributed by atoms with Crippen molar-refractivity contribution in [2.24, 2.45) is 5.14 Å². The Labute approximate surface area is 112 Å². The predicted molar refractivity (Wildman–Crippen MR) is 64.1 cm³/mol. The molecule has 9 heteroatoms. The van der Waals surface area contributed by atoms with Crippen molar-refractivity contribution in [3.63, 3.8) is 0 Å². The fourth-order valence-corrected chi connectivity index (χ4v) is 2.15. The summed E-state index contributed by atoms with van der Waals surface area (Å²) in [7, 11) is -3.92. The number of rotatable bonds is 3. The fourth-order valence-electron chi connectivity index (χ4n) is 1.69. The lowest BCUT2D eigenvalue weighted by Gasteiger charge is -2.12. The van der Waals surface area contributed by atoms with Gasteiger partial charge in [0.05, 0.1) is 18.3 Å². The number of nitrogens with two attached hydrogens (primary N) is 1. The second-order valence-electron chi connectivity index (χ2n) is 4.07. The van der Waals surface area contributed by atoms with Gasteiger partial charge < -0.3 is 0 Å². The second-order valence-corrected chi connectivity index (χ2v) is 5.63. The summed E-state index contributed by atoms with van der Waals surface area (Å²) in [6.45, 7) is -0.203. The van der Waals surface area contributed by atoms with Crippen molar-refractivity contribution in [2.75, 3.05) is 0 Å². The molecule has 0 atom stereocenters. The Balaban J connectivity index is 2.34. The molecule has 0 bridgehead atoms. The van der Waals surface area contributed by atoms with E-state index < -0.39 is 21.8 Å². The van der Waals surface area contributed by atoms with Crippen LogP contribution in [0.2, 0.25) is 0 Å². The van der Waals surface area contributed by atoms with Gasteiger partial charge in [-0.05, 0) is 11.6 Å². The molecule has 2 rings (SSSR count). The van der Waals surface area contributed by atoms with Gasteiger partial charge in [-0.2, -0.15) is 18.3 Å². The number of benzene rings is 1. The van der Waals surface area contributed by atoms with Crippen molar-refractivity contribution in [1.29, 1.82) is 0 Å². The van der Waals surface area contributed by atoms with Crippen molar-refractivity contribution in [3.8, 4) is 0 Å². The van der Waals surface area contributed by atoms with Gasteiger partial charge in [-0.1, -0.05) is 18.2 Å². The van der Waals surface area contributed by atoms with Crippen LogP contribution < -0.4 is 5.14 Å². The Morgan fingerprint density at radius 2 is 1.90 bits per heavy atom. The number of sulfonamides is 1. The van der Waals surface area contributed by atoms with Crippen LogP contribution in [0.4, 0.5) is 13.2 Å². The van der Waals surface area contributed by atoms with E-state index >= 15 is 0 Å². The number of alkyl halides is 3. The molecule has 1 heterocycles. The van der Waals surface area contributed by atoms with E-state index in [0.29, 0.717) is 0 Å². The quantitative estimate of drug-likeness (QED) is 0.935. The third-order valence-corrected chi connectivity index (χ3v) is 3.46. The molecule has 0 aliphatic heterocycles. The summed E-state index contributed by atoms with van der Waals surface area (Å²) in [6.07, 6.45) is -2.40. The SMILES string of the molecule is NS(=O)(=O)c1cnn(Cc2ccccc2C(F)(F)F)c1. The first kappa shape index (κ1) is 14.5. The summed E-state index contributed by atoms with van der Waals surface area (Å²) < 4.78 is 61.6. The minimum Gasteiger partial charge on any atom is -0.267 e. The number of halogens is 3. The zero-order chi connectivity index (χ0) is 15.0. The highest BCUT2D eigenvalue weighted by Gasteiger charge is 2.32.